The fourth-order valence-electron chi connectivity index (χ4n) is 2.46. The lowest BCUT2D eigenvalue weighted by atomic mass is 10.0. The Morgan fingerprint density at radius 2 is 1.88 bits per heavy atom. The maximum Gasteiger partial charge on any atom is 0.244 e. The molecule has 1 saturated heterocycles. The van der Waals surface area contributed by atoms with Gasteiger partial charge in [0.05, 0.1) is 5.92 Å². The van der Waals surface area contributed by atoms with Crippen LogP contribution in [0.5, 0.6) is 0 Å². The molecule has 1 fully saturated rings. The van der Waals surface area contributed by atoms with Gasteiger partial charge in [-0.3, -0.25) is 9.97 Å². The number of pyridine rings is 2. The van der Waals surface area contributed by atoms with Crippen LogP contribution in [0.2, 0.25) is 0 Å². The van der Waals surface area contributed by atoms with E-state index in [-0.39, 0.29) is 10.8 Å². The molecule has 9 heteroatoms. The standard InChI is InChI=1S/C15H13N5O3S/c21-24(22,13-2-1-5-17-8-13)20-9-12(10-20)15-18-14(19-23-15)11-3-6-16-7-4-11/h1-8,12H,9-10H2. The predicted molar refractivity (Wildman–Crippen MR) is 83.3 cm³/mol. The van der Waals surface area contributed by atoms with Gasteiger partial charge >= 0.3 is 0 Å². The van der Waals surface area contributed by atoms with E-state index in [9.17, 15) is 8.42 Å². The maximum atomic E-state index is 12.4. The van der Waals surface area contributed by atoms with Crippen LogP contribution in [-0.2, 0) is 10.0 Å². The van der Waals surface area contributed by atoms with Gasteiger partial charge in [0.1, 0.15) is 4.90 Å². The Morgan fingerprint density at radius 3 is 2.58 bits per heavy atom. The second-order valence-electron chi connectivity index (χ2n) is 5.40. The molecule has 8 nitrogen and oxygen atoms in total. The number of hydrogen-bond acceptors (Lipinski definition) is 7. The van der Waals surface area contributed by atoms with Crippen LogP contribution in [-0.4, -0.2) is 45.9 Å². The molecule has 1 aliphatic rings. The van der Waals surface area contributed by atoms with Crippen molar-refractivity contribution in [3.05, 3.63) is 54.9 Å². The molecule has 4 heterocycles. The van der Waals surface area contributed by atoms with Crippen LogP contribution in [0.15, 0.2) is 58.5 Å². The molecule has 3 aromatic rings. The van der Waals surface area contributed by atoms with Crippen LogP contribution in [0.3, 0.4) is 0 Å². The highest BCUT2D eigenvalue weighted by atomic mass is 32.2. The first-order valence-electron chi connectivity index (χ1n) is 7.29. The molecule has 0 aromatic carbocycles. The minimum absolute atomic E-state index is 0.0977. The van der Waals surface area contributed by atoms with Gasteiger partial charge in [0.2, 0.25) is 21.7 Å². The first kappa shape index (κ1) is 14.9. The third kappa shape index (κ3) is 2.57. The minimum Gasteiger partial charge on any atom is -0.339 e. The van der Waals surface area contributed by atoms with Crippen LogP contribution >= 0.6 is 0 Å². The Balaban J connectivity index is 1.48. The molecule has 4 rings (SSSR count). The van der Waals surface area contributed by atoms with E-state index in [1.165, 1.54) is 22.8 Å². The van der Waals surface area contributed by atoms with Gasteiger partial charge in [-0.25, -0.2) is 8.42 Å². The van der Waals surface area contributed by atoms with E-state index >= 15 is 0 Å². The molecule has 0 bridgehead atoms. The van der Waals surface area contributed by atoms with Gasteiger partial charge in [0, 0.05) is 43.4 Å². The fourth-order valence-corrected chi connectivity index (χ4v) is 3.95. The van der Waals surface area contributed by atoms with E-state index < -0.39 is 10.0 Å². The first-order valence-corrected chi connectivity index (χ1v) is 8.73. The van der Waals surface area contributed by atoms with Crippen LogP contribution in [0.25, 0.3) is 11.4 Å². The summed E-state index contributed by atoms with van der Waals surface area (Å²) in [5.41, 5.74) is 0.805. The van der Waals surface area contributed by atoms with Crippen molar-refractivity contribution in [3.63, 3.8) is 0 Å². The number of hydrogen-bond donors (Lipinski definition) is 0. The van der Waals surface area contributed by atoms with Crippen molar-refractivity contribution in [1.29, 1.82) is 0 Å². The molecule has 0 atom stereocenters. The quantitative estimate of drug-likeness (QED) is 0.704. The Kier molecular flexibility index (Phi) is 3.58. The summed E-state index contributed by atoms with van der Waals surface area (Å²) < 4.78 is 31.5. The average Bonchev–Trinajstić information content (AvgIpc) is 3.04. The summed E-state index contributed by atoms with van der Waals surface area (Å²) in [6.45, 7) is 0.629. The van der Waals surface area contributed by atoms with Crippen molar-refractivity contribution in [1.82, 2.24) is 24.4 Å². The molecule has 122 valence electrons. The van der Waals surface area contributed by atoms with Crippen LogP contribution in [0.1, 0.15) is 11.8 Å². The maximum absolute atomic E-state index is 12.4. The molecule has 0 aliphatic carbocycles. The van der Waals surface area contributed by atoms with Gasteiger partial charge < -0.3 is 4.52 Å². The molecule has 0 amide bonds. The lowest BCUT2D eigenvalue weighted by Crippen LogP contribution is -2.48. The number of nitrogens with zero attached hydrogens (tertiary/aromatic N) is 5. The van der Waals surface area contributed by atoms with Gasteiger partial charge in [-0.15, -0.1) is 0 Å². The summed E-state index contributed by atoms with van der Waals surface area (Å²) in [6, 6.07) is 6.70. The topological polar surface area (TPSA) is 102 Å². The van der Waals surface area contributed by atoms with E-state index in [1.54, 1.807) is 30.6 Å². The monoisotopic (exact) mass is 343 g/mol. The van der Waals surface area contributed by atoms with Gasteiger partial charge in [-0.1, -0.05) is 5.16 Å². The summed E-state index contributed by atoms with van der Waals surface area (Å²) in [7, 11) is -3.52. The largest absolute Gasteiger partial charge is 0.339 e. The summed E-state index contributed by atoms with van der Waals surface area (Å²) in [5, 5.41) is 3.94. The summed E-state index contributed by atoms with van der Waals surface area (Å²) in [5.74, 6) is 0.819. The Morgan fingerprint density at radius 1 is 1.08 bits per heavy atom. The van der Waals surface area contributed by atoms with Crippen LogP contribution < -0.4 is 0 Å². The second-order valence-corrected chi connectivity index (χ2v) is 7.34. The van der Waals surface area contributed by atoms with E-state index in [4.69, 9.17) is 4.52 Å². The lowest BCUT2D eigenvalue weighted by Gasteiger charge is -2.35. The molecule has 0 spiro atoms. The Hall–Kier alpha value is -2.65. The summed E-state index contributed by atoms with van der Waals surface area (Å²) >= 11 is 0. The van der Waals surface area contributed by atoms with Crippen molar-refractivity contribution in [3.8, 4) is 11.4 Å². The van der Waals surface area contributed by atoms with Gasteiger partial charge in [0.25, 0.3) is 0 Å². The fraction of sp³-hybridized carbons (Fsp3) is 0.200. The first-order chi connectivity index (χ1) is 11.6. The molecule has 0 N–H and O–H groups in total. The highest BCUT2D eigenvalue weighted by molar-refractivity contribution is 7.89. The van der Waals surface area contributed by atoms with Crippen molar-refractivity contribution in [2.24, 2.45) is 0 Å². The zero-order valence-corrected chi connectivity index (χ0v) is 13.3. The van der Waals surface area contributed by atoms with E-state index in [1.807, 2.05) is 0 Å². The third-order valence-electron chi connectivity index (χ3n) is 3.85. The van der Waals surface area contributed by atoms with Crippen LogP contribution in [0, 0.1) is 0 Å². The smallest absolute Gasteiger partial charge is 0.244 e. The summed E-state index contributed by atoms with van der Waals surface area (Å²) in [6.07, 6.45) is 6.18. The summed E-state index contributed by atoms with van der Waals surface area (Å²) in [4.78, 5) is 12.3. The zero-order valence-electron chi connectivity index (χ0n) is 12.5. The van der Waals surface area contributed by atoms with Crippen molar-refractivity contribution >= 4 is 10.0 Å². The van der Waals surface area contributed by atoms with E-state index in [0.29, 0.717) is 24.8 Å². The van der Waals surface area contributed by atoms with Gasteiger partial charge in [-0.05, 0) is 24.3 Å². The van der Waals surface area contributed by atoms with Gasteiger partial charge in [0.15, 0.2) is 0 Å². The molecular formula is C15H13N5O3S. The van der Waals surface area contributed by atoms with Crippen molar-refractivity contribution < 1.29 is 12.9 Å². The third-order valence-corrected chi connectivity index (χ3v) is 5.66. The molecular weight excluding hydrogens is 330 g/mol. The highest BCUT2D eigenvalue weighted by Crippen LogP contribution is 2.31. The normalized spacial score (nSPS) is 16.0. The van der Waals surface area contributed by atoms with Crippen molar-refractivity contribution in [2.75, 3.05) is 13.1 Å². The highest BCUT2D eigenvalue weighted by Gasteiger charge is 2.40. The zero-order chi connectivity index (χ0) is 16.6. The molecule has 0 radical (unpaired) electrons. The van der Waals surface area contributed by atoms with E-state index in [0.717, 1.165) is 5.56 Å². The molecule has 0 unspecified atom stereocenters. The van der Waals surface area contributed by atoms with Crippen molar-refractivity contribution in [2.45, 2.75) is 10.8 Å². The lowest BCUT2D eigenvalue weighted by molar-refractivity contribution is 0.217. The average molecular weight is 343 g/mol. The molecule has 0 saturated carbocycles. The number of sulfonamides is 1. The minimum atomic E-state index is -3.52. The Bertz CT molecular complexity index is 938. The van der Waals surface area contributed by atoms with Gasteiger partial charge in [-0.2, -0.15) is 9.29 Å². The Labute approximate surface area is 138 Å². The molecule has 1 aliphatic heterocycles. The van der Waals surface area contributed by atoms with E-state index in [2.05, 4.69) is 20.1 Å². The van der Waals surface area contributed by atoms with Crippen LogP contribution in [0.4, 0.5) is 0 Å². The molecule has 3 aromatic heterocycles. The second kappa shape index (κ2) is 5.77. The molecule has 24 heavy (non-hydrogen) atoms. The number of rotatable bonds is 4. The SMILES string of the molecule is O=S(=O)(c1cccnc1)N1CC(c2nc(-c3ccncc3)no2)C1. The number of aromatic nitrogens is 4. The predicted octanol–water partition coefficient (Wildman–Crippen LogP) is 1.31.